The standard InChI is InChI=1S/C11H21N3O/c1-3-4-5-8-12-11(15)13-10-7-6-9-14(10)2/h3-9H2,1-2H3,(H,12,15). The fourth-order valence-electron chi connectivity index (χ4n) is 1.66. The van der Waals surface area contributed by atoms with E-state index in [2.05, 4.69) is 17.2 Å². The minimum Gasteiger partial charge on any atom is -0.363 e. The van der Waals surface area contributed by atoms with Crippen LogP contribution in [-0.4, -0.2) is 36.9 Å². The fourth-order valence-corrected chi connectivity index (χ4v) is 1.66. The molecule has 0 saturated carbocycles. The molecule has 86 valence electrons. The molecule has 0 unspecified atom stereocenters. The summed E-state index contributed by atoms with van der Waals surface area (Å²) in [5, 5.41) is 2.81. The molecule has 0 aliphatic carbocycles. The van der Waals surface area contributed by atoms with Gasteiger partial charge in [0, 0.05) is 26.6 Å². The van der Waals surface area contributed by atoms with E-state index in [0.717, 1.165) is 44.6 Å². The molecule has 0 aromatic carbocycles. The SMILES string of the molecule is CCCCCNC(=O)N=C1CCCN1C. The summed E-state index contributed by atoms with van der Waals surface area (Å²) in [5.41, 5.74) is 0. The van der Waals surface area contributed by atoms with Crippen LogP contribution < -0.4 is 5.32 Å². The van der Waals surface area contributed by atoms with Crippen molar-refractivity contribution < 1.29 is 4.79 Å². The number of amides is 2. The molecule has 2 amide bonds. The summed E-state index contributed by atoms with van der Waals surface area (Å²) in [4.78, 5) is 17.5. The van der Waals surface area contributed by atoms with Gasteiger partial charge in [0.1, 0.15) is 5.84 Å². The molecule has 1 aliphatic heterocycles. The summed E-state index contributed by atoms with van der Waals surface area (Å²) in [6.45, 7) is 3.91. The normalized spacial score (nSPS) is 18.5. The Morgan fingerprint density at radius 1 is 1.53 bits per heavy atom. The van der Waals surface area contributed by atoms with E-state index in [1.54, 1.807) is 0 Å². The fraction of sp³-hybridized carbons (Fsp3) is 0.818. The van der Waals surface area contributed by atoms with Crippen LogP contribution in [0.1, 0.15) is 39.0 Å². The van der Waals surface area contributed by atoms with Gasteiger partial charge >= 0.3 is 6.03 Å². The second kappa shape index (κ2) is 6.43. The predicted molar refractivity (Wildman–Crippen MR) is 62.2 cm³/mol. The van der Waals surface area contributed by atoms with Crippen molar-refractivity contribution >= 4 is 11.9 Å². The zero-order chi connectivity index (χ0) is 11.1. The van der Waals surface area contributed by atoms with Crippen molar-refractivity contribution in [1.82, 2.24) is 10.2 Å². The molecule has 0 aromatic heterocycles. The van der Waals surface area contributed by atoms with Gasteiger partial charge in [-0.05, 0) is 12.8 Å². The Morgan fingerprint density at radius 3 is 2.93 bits per heavy atom. The summed E-state index contributed by atoms with van der Waals surface area (Å²) in [6, 6.07) is -0.185. The maximum absolute atomic E-state index is 11.4. The van der Waals surface area contributed by atoms with Crippen molar-refractivity contribution in [3.63, 3.8) is 0 Å². The van der Waals surface area contributed by atoms with E-state index >= 15 is 0 Å². The van der Waals surface area contributed by atoms with Crippen LogP contribution in [0.5, 0.6) is 0 Å². The number of rotatable bonds is 4. The smallest absolute Gasteiger partial charge is 0.342 e. The molecule has 4 nitrogen and oxygen atoms in total. The average molecular weight is 211 g/mol. The second-order valence-electron chi connectivity index (χ2n) is 3.99. The number of nitrogens with one attached hydrogen (secondary N) is 1. The van der Waals surface area contributed by atoms with Crippen molar-refractivity contribution in [2.24, 2.45) is 4.99 Å². The predicted octanol–water partition coefficient (Wildman–Crippen LogP) is 2.01. The quantitative estimate of drug-likeness (QED) is 0.723. The van der Waals surface area contributed by atoms with Gasteiger partial charge in [-0.15, -0.1) is 0 Å². The van der Waals surface area contributed by atoms with E-state index in [1.165, 1.54) is 6.42 Å². The van der Waals surface area contributed by atoms with Crippen LogP contribution in [0.4, 0.5) is 4.79 Å². The maximum Gasteiger partial charge on any atom is 0.342 e. The van der Waals surface area contributed by atoms with Crippen molar-refractivity contribution in [3.8, 4) is 0 Å². The van der Waals surface area contributed by atoms with Gasteiger partial charge in [0.05, 0.1) is 0 Å². The molecule has 0 radical (unpaired) electrons. The van der Waals surface area contributed by atoms with Crippen LogP contribution in [-0.2, 0) is 0 Å². The molecule has 1 aliphatic rings. The zero-order valence-electron chi connectivity index (χ0n) is 9.75. The number of urea groups is 1. The highest BCUT2D eigenvalue weighted by molar-refractivity contribution is 5.94. The number of unbranched alkanes of at least 4 members (excludes halogenated alkanes) is 2. The van der Waals surface area contributed by atoms with E-state index in [-0.39, 0.29) is 6.03 Å². The average Bonchev–Trinajstić information content (AvgIpc) is 2.59. The number of nitrogens with zero attached hydrogens (tertiary/aromatic N) is 2. The van der Waals surface area contributed by atoms with Gasteiger partial charge in [0.25, 0.3) is 0 Å². The molecule has 15 heavy (non-hydrogen) atoms. The molecule has 1 saturated heterocycles. The number of amidine groups is 1. The lowest BCUT2D eigenvalue weighted by molar-refractivity contribution is 0.248. The van der Waals surface area contributed by atoms with Gasteiger partial charge in [0.2, 0.25) is 0 Å². The Labute approximate surface area is 91.7 Å². The summed E-state index contributed by atoms with van der Waals surface area (Å²) in [6.07, 6.45) is 5.42. The lowest BCUT2D eigenvalue weighted by atomic mass is 10.2. The maximum atomic E-state index is 11.4. The lowest BCUT2D eigenvalue weighted by Crippen LogP contribution is -2.26. The summed E-state index contributed by atoms with van der Waals surface area (Å²) in [5.74, 6) is 0.919. The Hall–Kier alpha value is -1.06. The number of hydrogen-bond donors (Lipinski definition) is 1. The van der Waals surface area contributed by atoms with E-state index in [1.807, 2.05) is 11.9 Å². The van der Waals surface area contributed by atoms with Gasteiger partial charge in [-0.1, -0.05) is 19.8 Å². The van der Waals surface area contributed by atoms with Gasteiger partial charge in [-0.2, -0.15) is 4.99 Å². The molecular weight excluding hydrogens is 190 g/mol. The molecular formula is C11H21N3O. The van der Waals surface area contributed by atoms with Crippen LogP contribution in [0.25, 0.3) is 0 Å². The largest absolute Gasteiger partial charge is 0.363 e. The highest BCUT2D eigenvalue weighted by atomic mass is 16.2. The number of aliphatic imine (C=N–C) groups is 1. The van der Waals surface area contributed by atoms with Crippen LogP contribution >= 0.6 is 0 Å². The molecule has 1 heterocycles. The van der Waals surface area contributed by atoms with Crippen LogP contribution in [0.2, 0.25) is 0 Å². The molecule has 1 fully saturated rings. The molecule has 4 heteroatoms. The van der Waals surface area contributed by atoms with E-state index < -0.39 is 0 Å². The number of carbonyl (C=O) groups excluding carboxylic acids is 1. The third-order valence-electron chi connectivity index (χ3n) is 2.62. The first-order valence-corrected chi connectivity index (χ1v) is 5.80. The highest BCUT2D eigenvalue weighted by Gasteiger charge is 2.15. The third-order valence-corrected chi connectivity index (χ3v) is 2.62. The minimum atomic E-state index is -0.185. The number of likely N-dealkylation sites (tertiary alicyclic amines) is 1. The van der Waals surface area contributed by atoms with Crippen LogP contribution in [0.15, 0.2) is 4.99 Å². The van der Waals surface area contributed by atoms with Crippen LogP contribution in [0, 0.1) is 0 Å². The second-order valence-corrected chi connectivity index (χ2v) is 3.99. The van der Waals surface area contributed by atoms with Crippen molar-refractivity contribution in [1.29, 1.82) is 0 Å². The Bertz CT molecular complexity index is 238. The Kier molecular flexibility index (Phi) is 5.15. The van der Waals surface area contributed by atoms with Gasteiger partial charge < -0.3 is 10.2 Å². The van der Waals surface area contributed by atoms with Gasteiger partial charge in [-0.25, -0.2) is 4.79 Å². The van der Waals surface area contributed by atoms with E-state index in [4.69, 9.17) is 0 Å². The Morgan fingerprint density at radius 2 is 2.33 bits per heavy atom. The van der Waals surface area contributed by atoms with E-state index in [0.29, 0.717) is 0 Å². The van der Waals surface area contributed by atoms with Crippen LogP contribution in [0.3, 0.4) is 0 Å². The first kappa shape index (κ1) is 12.0. The third kappa shape index (κ3) is 4.32. The molecule has 1 rings (SSSR count). The van der Waals surface area contributed by atoms with E-state index in [9.17, 15) is 4.79 Å². The first-order valence-electron chi connectivity index (χ1n) is 5.80. The lowest BCUT2D eigenvalue weighted by Gasteiger charge is -2.10. The highest BCUT2D eigenvalue weighted by Crippen LogP contribution is 2.08. The summed E-state index contributed by atoms with van der Waals surface area (Å²) < 4.78 is 0. The molecule has 0 spiro atoms. The summed E-state index contributed by atoms with van der Waals surface area (Å²) in [7, 11) is 1.98. The molecule has 0 atom stereocenters. The monoisotopic (exact) mass is 211 g/mol. The molecule has 0 bridgehead atoms. The topological polar surface area (TPSA) is 44.7 Å². The molecule has 0 aromatic rings. The Balaban J connectivity index is 2.22. The summed E-state index contributed by atoms with van der Waals surface area (Å²) >= 11 is 0. The van der Waals surface area contributed by atoms with Gasteiger partial charge in [0.15, 0.2) is 0 Å². The van der Waals surface area contributed by atoms with Crippen molar-refractivity contribution in [2.75, 3.05) is 20.1 Å². The zero-order valence-corrected chi connectivity index (χ0v) is 9.75. The van der Waals surface area contributed by atoms with Gasteiger partial charge in [-0.3, -0.25) is 0 Å². The molecule has 1 N–H and O–H groups in total. The number of carbonyl (C=O) groups is 1. The minimum absolute atomic E-state index is 0.185. The van der Waals surface area contributed by atoms with Crippen molar-refractivity contribution in [2.45, 2.75) is 39.0 Å². The first-order chi connectivity index (χ1) is 7.24. The number of hydrogen-bond acceptors (Lipinski definition) is 1. The van der Waals surface area contributed by atoms with Crippen molar-refractivity contribution in [3.05, 3.63) is 0 Å².